The smallest absolute Gasteiger partial charge is 0.267 e. The van der Waals surface area contributed by atoms with Crippen LogP contribution in [0.5, 0.6) is 11.5 Å². The summed E-state index contributed by atoms with van der Waals surface area (Å²) < 4.78 is 16.7. The first-order valence-corrected chi connectivity index (χ1v) is 8.93. The standard InChI is InChI=1S/C19H23N3O4/c1-13-15(14(2)26-20-13)11-21-7-9-22(10-8-21)19(23)18-12-24-16-5-3-4-6-17(16)25-18/h3-6,18H,7-12H2,1-2H3/t18-/m0/s1. The van der Waals surface area contributed by atoms with Crippen LogP contribution in [-0.4, -0.2) is 59.8 Å². The minimum Gasteiger partial charge on any atom is -0.485 e. The molecule has 2 aromatic rings. The van der Waals surface area contributed by atoms with Gasteiger partial charge in [0, 0.05) is 38.3 Å². The van der Waals surface area contributed by atoms with Crippen LogP contribution in [0.1, 0.15) is 17.0 Å². The van der Waals surface area contributed by atoms with E-state index in [1.807, 2.05) is 43.0 Å². The van der Waals surface area contributed by atoms with Crippen molar-refractivity contribution in [2.75, 3.05) is 32.8 Å². The number of hydrogen-bond donors (Lipinski definition) is 0. The molecule has 3 heterocycles. The van der Waals surface area contributed by atoms with Crippen molar-refractivity contribution in [3.05, 3.63) is 41.3 Å². The van der Waals surface area contributed by atoms with Gasteiger partial charge in [0.25, 0.3) is 5.91 Å². The number of para-hydroxylation sites is 2. The summed E-state index contributed by atoms with van der Waals surface area (Å²) in [5, 5.41) is 4.01. The summed E-state index contributed by atoms with van der Waals surface area (Å²) in [7, 11) is 0. The number of fused-ring (bicyclic) bond motifs is 1. The van der Waals surface area contributed by atoms with Crippen LogP contribution in [0.3, 0.4) is 0 Å². The molecular weight excluding hydrogens is 334 g/mol. The van der Waals surface area contributed by atoms with Gasteiger partial charge in [-0.15, -0.1) is 0 Å². The van der Waals surface area contributed by atoms with E-state index < -0.39 is 6.10 Å². The first-order chi connectivity index (χ1) is 12.6. The number of aromatic nitrogens is 1. The van der Waals surface area contributed by atoms with Crippen molar-refractivity contribution in [2.45, 2.75) is 26.5 Å². The van der Waals surface area contributed by atoms with Crippen LogP contribution in [0, 0.1) is 13.8 Å². The number of hydrogen-bond acceptors (Lipinski definition) is 6. The lowest BCUT2D eigenvalue weighted by Crippen LogP contribution is -2.53. The second-order valence-electron chi connectivity index (χ2n) is 6.77. The van der Waals surface area contributed by atoms with Gasteiger partial charge in [0.15, 0.2) is 11.5 Å². The van der Waals surface area contributed by atoms with Crippen molar-refractivity contribution in [3.8, 4) is 11.5 Å². The van der Waals surface area contributed by atoms with E-state index in [1.54, 1.807) is 0 Å². The van der Waals surface area contributed by atoms with Crippen LogP contribution < -0.4 is 9.47 Å². The molecule has 1 saturated heterocycles. The van der Waals surface area contributed by atoms with Crippen LogP contribution in [0.2, 0.25) is 0 Å². The fraction of sp³-hybridized carbons (Fsp3) is 0.474. The summed E-state index contributed by atoms with van der Waals surface area (Å²) in [5.41, 5.74) is 2.08. The number of nitrogens with zero attached hydrogens (tertiary/aromatic N) is 3. The van der Waals surface area contributed by atoms with Gasteiger partial charge in [0.05, 0.1) is 5.69 Å². The zero-order chi connectivity index (χ0) is 18.1. The van der Waals surface area contributed by atoms with Crippen LogP contribution in [0.15, 0.2) is 28.8 Å². The highest BCUT2D eigenvalue weighted by Gasteiger charge is 2.32. The molecule has 0 bridgehead atoms. The van der Waals surface area contributed by atoms with Crippen LogP contribution in [-0.2, 0) is 11.3 Å². The Morgan fingerprint density at radius 1 is 1.15 bits per heavy atom. The Morgan fingerprint density at radius 2 is 1.88 bits per heavy atom. The lowest BCUT2D eigenvalue weighted by molar-refractivity contribution is -0.143. The van der Waals surface area contributed by atoms with E-state index in [1.165, 1.54) is 0 Å². The Labute approximate surface area is 152 Å². The third-order valence-electron chi connectivity index (χ3n) is 5.03. The highest BCUT2D eigenvalue weighted by molar-refractivity contribution is 5.82. The maximum atomic E-state index is 12.8. The quantitative estimate of drug-likeness (QED) is 0.834. The third kappa shape index (κ3) is 3.26. The van der Waals surface area contributed by atoms with Gasteiger partial charge in [-0.2, -0.15) is 0 Å². The minimum atomic E-state index is -0.570. The Bertz CT molecular complexity index is 776. The average molecular weight is 357 g/mol. The zero-order valence-electron chi connectivity index (χ0n) is 15.1. The Morgan fingerprint density at radius 3 is 2.58 bits per heavy atom. The number of carbonyl (C=O) groups is 1. The van der Waals surface area contributed by atoms with E-state index in [4.69, 9.17) is 14.0 Å². The molecule has 1 amide bonds. The minimum absolute atomic E-state index is 0.00325. The molecule has 4 rings (SSSR count). The number of piperazine rings is 1. The van der Waals surface area contributed by atoms with E-state index in [2.05, 4.69) is 10.1 Å². The zero-order valence-corrected chi connectivity index (χ0v) is 15.1. The van der Waals surface area contributed by atoms with Gasteiger partial charge >= 0.3 is 0 Å². The van der Waals surface area contributed by atoms with Crippen molar-refractivity contribution in [1.82, 2.24) is 15.0 Å². The lowest BCUT2D eigenvalue weighted by Gasteiger charge is -2.37. The van der Waals surface area contributed by atoms with Crippen LogP contribution in [0.4, 0.5) is 0 Å². The second-order valence-corrected chi connectivity index (χ2v) is 6.77. The van der Waals surface area contributed by atoms with Gasteiger partial charge in [-0.25, -0.2) is 0 Å². The van der Waals surface area contributed by atoms with Gasteiger partial charge in [-0.3, -0.25) is 9.69 Å². The summed E-state index contributed by atoms with van der Waals surface area (Å²) in [5.74, 6) is 2.19. The van der Waals surface area contributed by atoms with Gasteiger partial charge in [0.1, 0.15) is 12.4 Å². The third-order valence-corrected chi connectivity index (χ3v) is 5.03. The largest absolute Gasteiger partial charge is 0.485 e. The molecule has 7 nitrogen and oxygen atoms in total. The Kier molecular flexibility index (Phi) is 4.55. The van der Waals surface area contributed by atoms with Gasteiger partial charge in [-0.05, 0) is 26.0 Å². The SMILES string of the molecule is Cc1noc(C)c1CN1CCN(C(=O)[C@@H]2COc3ccccc3O2)CC1. The predicted molar refractivity (Wildman–Crippen MR) is 94.2 cm³/mol. The summed E-state index contributed by atoms with van der Waals surface area (Å²) in [6, 6.07) is 7.45. The van der Waals surface area contributed by atoms with E-state index in [0.717, 1.165) is 36.7 Å². The number of ether oxygens (including phenoxy) is 2. The predicted octanol–water partition coefficient (Wildman–Crippen LogP) is 1.78. The van der Waals surface area contributed by atoms with Gasteiger partial charge in [-0.1, -0.05) is 17.3 Å². The molecule has 138 valence electrons. The molecule has 7 heteroatoms. The van der Waals surface area contributed by atoms with E-state index in [0.29, 0.717) is 24.6 Å². The lowest BCUT2D eigenvalue weighted by atomic mass is 10.1. The molecule has 2 aliphatic rings. The fourth-order valence-electron chi connectivity index (χ4n) is 3.42. The average Bonchev–Trinajstić information content (AvgIpc) is 2.99. The maximum Gasteiger partial charge on any atom is 0.267 e. The first kappa shape index (κ1) is 16.9. The van der Waals surface area contributed by atoms with Gasteiger partial charge in [0.2, 0.25) is 6.10 Å². The van der Waals surface area contributed by atoms with Crippen molar-refractivity contribution in [2.24, 2.45) is 0 Å². The summed E-state index contributed by atoms with van der Waals surface area (Å²) in [6.07, 6.45) is -0.570. The van der Waals surface area contributed by atoms with Crippen molar-refractivity contribution < 1.29 is 18.8 Å². The number of carbonyl (C=O) groups excluding carboxylic acids is 1. The number of rotatable bonds is 3. The number of amides is 1. The van der Waals surface area contributed by atoms with E-state index in [-0.39, 0.29) is 12.5 Å². The molecular formula is C19H23N3O4. The summed E-state index contributed by atoms with van der Waals surface area (Å²) in [6.45, 7) is 7.97. The molecule has 0 saturated carbocycles. The molecule has 0 radical (unpaired) electrons. The molecule has 1 aromatic heterocycles. The molecule has 1 atom stereocenters. The van der Waals surface area contributed by atoms with Crippen molar-refractivity contribution >= 4 is 5.91 Å². The molecule has 0 N–H and O–H groups in total. The first-order valence-electron chi connectivity index (χ1n) is 8.93. The Balaban J connectivity index is 1.33. The van der Waals surface area contributed by atoms with E-state index >= 15 is 0 Å². The molecule has 26 heavy (non-hydrogen) atoms. The molecule has 0 spiro atoms. The highest BCUT2D eigenvalue weighted by Crippen LogP contribution is 2.31. The Hall–Kier alpha value is -2.54. The number of benzene rings is 1. The normalized spacial score (nSPS) is 20.2. The molecule has 1 aromatic carbocycles. The van der Waals surface area contributed by atoms with E-state index in [9.17, 15) is 4.79 Å². The molecule has 0 aliphatic carbocycles. The van der Waals surface area contributed by atoms with Crippen LogP contribution in [0.25, 0.3) is 0 Å². The van der Waals surface area contributed by atoms with Gasteiger partial charge < -0.3 is 18.9 Å². The summed E-state index contributed by atoms with van der Waals surface area (Å²) >= 11 is 0. The van der Waals surface area contributed by atoms with Crippen molar-refractivity contribution in [3.63, 3.8) is 0 Å². The highest BCUT2D eigenvalue weighted by atomic mass is 16.6. The molecule has 0 unspecified atom stereocenters. The topological polar surface area (TPSA) is 68.0 Å². The monoisotopic (exact) mass is 357 g/mol. The molecule has 2 aliphatic heterocycles. The van der Waals surface area contributed by atoms with Crippen LogP contribution >= 0.6 is 0 Å². The fourth-order valence-corrected chi connectivity index (χ4v) is 3.42. The van der Waals surface area contributed by atoms with Crippen molar-refractivity contribution in [1.29, 1.82) is 0 Å². The summed E-state index contributed by atoms with van der Waals surface area (Å²) in [4.78, 5) is 17.0. The number of aryl methyl sites for hydroxylation is 2. The molecule has 1 fully saturated rings. The maximum absolute atomic E-state index is 12.8. The second kappa shape index (κ2) is 6.99.